The van der Waals surface area contributed by atoms with Crippen LogP contribution >= 0.6 is 0 Å². The number of H-pyrrole nitrogens is 1. The van der Waals surface area contributed by atoms with Gasteiger partial charge in [0.05, 0.1) is 6.61 Å². The van der Waals surface area contributed by atoms with E-state index in [0.29, 0.717) is 18.2 Å². The summed E-state index contributed by atoms with van der Waals surface area (Å²) in [5.74, 6) is 1.22. The molecule has 1 aliphatic heterocycles. The molecule has 1 aromatic rings. The molecule has 1 fully saturated rings. The van der Waals surface area contributed by atoms with E-state index in [1.54, 1.807) is 0 Å². The zero-order chi connectivity index (χ0) is 9.97. The number of rotatable bonds is 2. The summed E-state index contributed by atoms with van der Waals surface area (Å²) in [5, 5.41) is 0. The SMILES string of the molecule is Cc1[nH]c(C2CCCOC2)nc1C=O. The number of aromatic nitrogens is 2. The van der Waals surface area contributed by atoms with Crippen molar-refractivity contribution in [3.8, 4) is 0 Å². The monoisotopic (exact) mass is 194 g/mol. The Morgan fingerprint density at radius 3 is 3.07 bits per heavy atom. The first-order valence-electron chi connectivity index (χ1n) is 4.90. The lowest BCUT2D eigenvalue weighted by Gasteiger charge is -2.19. The van der Waals surface area contributed by atoms with Gasteiger partial charge in [-0.05, 0) is 19.8 Å². The van der Waals surface area contributed by atoms with Crippen LogP contribution in [0.25, 0.3) is 0 Å². The Balaban J connectivity index is 2.18. The van der Waals surface area contributed by atoms with Gasteiger partial charge in [-0.25, -0.2) is 4.98 Å². The molecule has 0 aliphatic carbocycles. The lowest BCUT2D eigenvalue weighted by molar-refractivity contribution is 0.0782. The average molecular weight is 194 g/mol. The van der Waals surface area contributed by atoms with Gasteiger partial charge in [0, 0.05) is 18.2 Å². The van der Waals surface area contributed by atoms with Gasteiger partial charge >= 0.3 is 0 Å². The summed E-state index contributed by atoms with van der Waals surface area (Å²) in [4.78, 5) is 18.0. The molecule has 1 saturated heterocycles. The minimum atomic E-state index is 0.330. The summed E-state index contributed by atoms with van der Waals surface area (Å²) in [6.45, 7) is 3.42. The maximum atomic E-state index is 10.6. The van der Waals surface area contributed by atoms with E-state index in [1.807, 2.05) is 6.92 Å². The number of carbonyl (C=O) groups excluding carboxylic acids is 1. The van der Waals surface area contributed by atoms with Crippen molar-refractivity contribution in [2.45, 2.75) is 25.7 Å². The van der Waals surface area contributed by atoms with Gasteiger partial charge in [0.2, 0.25) is 0 Å². The maximum Gasteiger partial charge on any atom is 0.170 e. The van der Waals surface area contributed by atoms with Gasteiger partial charge < -0.3 is 9.72 Å². The summed E-state index contributed by atoms with van der Waals surface area (Å²) in [6, 6.07) is 0. The van der Waals surface area contributed by atoms with Gasteiger partial charge in [-0.1, -0.05) is 0 Å². The zero-order valence-corrected chi connectivity index (χ0v) is 8.25. The number of nitrogens with zero attached hydrogens (tertiary/aromatic N) is 1. The molecule has 0 aromatic carbocycles. The van der Waals surface area contributed by atoms with E-state index >= 15 is 0 Å². The first-order chi connectivity index (χ1) is 6.81. The molecule has 0 amide bonds. The van der Waals surface area contributed by atoms with Crippen molar-refractivity contribution in [2.24, 2.45) is 0 Å². The van der Waals surface area contributed by atoms with Crippen molar-refractivity contribution < 1.29 is 9.53 Å². The third-order valence-corrected chi connectivity index (χ3v) is 2.60. The highest BCUT2D eigenvalue weighted by atomic mass is 16.5. The van der Waals surface area contributed by atoms with Crippen molar-refractivity contribution in [3.63, 3.8) is 0 Å². The molecule has 4 heteroatoms. The highest BCUT2D eigenvalue weighted by Gasteiger charge is 2.19. The quantitative estimate of drug-likeness (QED) is 0.724. The topological polar surface area (TPSA) is 55.0 Å². The van der Waals surface area contributed by atoms with Crippen LogP contribution in [-0.4, -0.2) is 29.5 Å². The molecule has 1 aromatic heterocycles. The first-order valence-corrected chi connectivity index (χ1v) is 4.90. The molecule has 4 nitrogen and oxygen atoms in total. The lowest BCUT2D eigenvalue weighted by atomic mass is 10.0. The molecular formula is C10H14N2O2. The number of aromatic amines is 1. The summed E-state index contributed by atoms with van der Waals surface area (Å²) in [6.07, 6.45) is 2.95. The van der Waals surface area contributed by atoms with Crippen LogP contribution in [0, 0.1) is 6.92 Å². The second-order valence-electron chi connectivity index (χ2n) is 3.66. The van der Waals surface area contributed by atoms with Crippen molar-refractivity contribution in [2.75, 3.05) is 13.2 Å². The van der Waals surface area contributed by atoms with Crippen LogP contribution in [-0.2, 0) is 4.74 Å². The Hall–Kier alpha value is -1.16. The molecule has 0 spiro atoms. The van der Waals surface area contributed by atoms with Crippen LogP contribution in [0.5, 0.6) is 0 Å². The van der Waals surface area contributed by atoms with Gasteiger partial charge in [0.25, 0.3) is 0 Å². The van der Waals surface area contributed by atoms with Crippen LogP contribution in [0.2, 0.25) is 0 Å². The first kappa shape index (κ1) is 9.40. The number of aryl methyl sites for hydroxylation is 1. The third-order valence-electron chi connectivity index (χ3n) is 2.60. The summed E-state index contributed by atoms with van der Waals surface area (Å²) >= 11 is 0. The zero-order valence-electron chi connectivity index (χ0n) is 8.25. The average Bonchev–Trinajstić information content (AvgIpc) is 2.61. The number of hydrogen-bond donors (Lipinski definition) is 1. The second-order valence-corrected chi connectivity index (χ2v) is 3.66. The fourth-order valence-electron chi connectivity index (χ4n) is 1.76. The van der Waals surface area contributed by atoms with Crippen LogP contribution in [0.3, 0.4) is 0 Å². The van der Waals surface area contributed by atoms with E-state index in [-0.39, 0.29) is 0 Å². The smallest absolute Gasteiger partial charge is 0.170 e. The van der Waals surface area contributed by atoms with Crippen molar-refractivity contribution >= 4 is 6.29 Å². The third kappa shape index (κ3) is 1.70. The van der Waals surface area contributed by atoms with Crippen molar-refractivity contribution in [1.82, 2.24) is 9.97 Å². The van der Waals surface area contributed by atoms with E-state index in [9.17, 15) is 4.79 Å². The summed E-state index contributed by atoms with van der Waals surface area (Å²) in [7, 11) is 0. The van der Waals surface area contributed by atoms with Crippen LogP contribution in [0.4, 0.5) is 0 Å². The van der Waals surface area contributed by atoms with E-state index in [1.165, 1.54) is 0 Å². The lowest BCUT2D eigenvalue weighted by Crippen LogP contribution is -2.16. The van der Waals surface area contributed by atoms with Crippen molar-refractivity contribution in [3.05, 3.63) is 17.2 Å². The van der Waals surface area contributed by atoms with E-state index in [2.05, 4.69) is 9.97 Å². The molecule has 1 unspecified atom stereocenters. The normalized spacial score (nSPS) is 22.2. The molecule has 76 valence electrons. The van der Waals surface area contributed by atoms with Crippen LogP contribution in [0.15, 0.2) is 0 Å². The van der Waals surface area contributed by atoms with Gasteiger partial charge in [-0.15, -0.1) is 0 Å². The highest BCUT2D eigenvalue weighted by Crippen LogP contribution is 2.23. The predicted octanol–water partition coefficient (Wildman–Crippen LogP) is 1.42. The maximum absolute atomic E-state index is 10.6. The molecular weight excluding hydrogens is 180 g/mol. The molecule has 1 aliphatic rings. The molecule has 1 N–H and O–H groups in total. The van der Waals surface area contributed by atoms with E-state index < -0.39 is 0 Å². The second kappa shape index (κ2) is 3.92. The number of imidazole rings is 1. The van der Waals surface area contributed by atoms with Crippen LogP contribution in [0.1, 0.15) is 40.8 Å². The van der Waals surface area contributed by atoms with E-state index in [4.69, 9.17) is 4.74 Å². The minimum absolute atomic E-state index is 0.330. The highest BCUT2D eigenvalue weighted by molar-refractivity contribution is 5.73. The Morgan fingerprint density at radius 2 is 2.50 bits per heavy atom. The van der Waals surface area contributed by atoms with Crippen molar-refractivity contribution in [1.29, 1.82) is 0 Å². The van der Waals surface area contributed by atoms with Gasteiger partial charge in [-0.3, -0.25) is 4.79 Å². The number of ether oxygens (including phenoxy) is 1. The molecule has 0 bridgehead atoms. The fourth-order valence-corrected chi connectivity index (χ4v) is 1.76. The molecule has 14 heavy (non-hydrogen) atoms. The van der Waals surface area contributed by atoms with Gasteiger partial charge in [-0.2, -0.15) is 0 Å². The molecule has 2 rings (SSSR count). The van der Waals surface area contributed by atoms with Gasteiger partial charge in [0.1, 0.15) is 11.5 Å². The predicted molar refractivity (Wildman–Crippen MR) is 51.5 cm³/mol. The Labute approximate surface area is 82.7 Å². The largest absolute Gasteiger partial charge is 0.381 e. The number of hydrogen-bond acceptors (Lipinski definition) is 3. The fraction of sp³-hybridized carbons (Fsp3) is 0.600. The molecule has 1 atom stereocenters. The summed E-state index contributed by atoms with van der Waals surface area (Å²) in [5.41, 5.74) is 1.37. The standard InChI is InChI=1S/C10H14N2O2/c1-7-9(5-13)12-10(11-7)8-3-2-4-14-6-8/h5,8H,2-4,6H2,1H3,(H,11,12). The van der Waals surface area contributed by atoms with E-state index in [0.717, 1.165) is 37.3 Å². The van der Waals surface area contributed by atoms with Gasteiger partial charge in [0.15, 0.2) is 6.29 Å². The Morgan fingerprint density at radius 1 is 1.64 bits per heavy atom. The number of nitrogens with one attached hydrogen (secondary N) is 1. The molecule has 0 radical (unpaired) electrons. The minimum Gasteiger partial charge on any atom is -0.381 e. The number of aldehydes is 1. The molecule has 2 heterocycles. The summed E-state index contributed by atoms with van der Waals surface area (Å²) < 4.78 is 5.37. The van der Waals surface area contributed by atoms with Crippen LogP contribution < -0.4 is 0 Å². The Bertz CT molecular complexity index is 327. The Kier molecular flexibility index (Phi) is 2.63. The molecule has 0 saturated carbocycles. The number of carbonyl (C=O) groups is 1.